The minimum Gasteiger partial charge on any atom is -0.496 e. The molecule has 0 aliphatic carbocycles. The van der Waals surface area contributed by atoms with E-state index < -0.39 is 0 Å². The molecule has 1 amide bonds. The molecule has 0 atom stereocenters. The molecule has 0 aliphatic heterocycles. The topological polar surface area (TPSA) is 71.5 Å². The summed E-state index contributed by atoms with van der Waals surface area (Å²) in [4.78, 5) is 17.2. The predicted octanol–water partition coefficient (Wildman–Crippen LogP) is 1.81. The van der Waals surface area contributed by atoms with Crippen LogP contribution in [-0.2, 0) is 0 Å². The molecule has 0 radical (unpaired) electrons. The van der Waals surface area contributed by atoms with E-state index in [-0.39, 0.29) is 12.5 Å². The Balaban J connectivity index is 2.04. The molecule has 2 heterocycles. The molecule has 0 spiro atoms. The molecule has 5 nitrogen and oxygen atoms in total. The number of thiophene rings is 1. The SMILES string of the molecule is COc1csc(C(=O)Nc2ncc(C#CCO)s2)c1. The van der Waals surface area contributed by atoms with Crippen molar-refractivity contribution >= 4 is 33.7 Å². The van der Waals surface area contributed by atoms with E-state index in [0.29, 0.717) is 20.6 Å². The summed E-state index contributed by atoms with van der Waals surface area (Å²) < 4.78 is 5.02. The lowest BCUT2D eigenvalue weighted by Crippen LogP contribution is -2.09. The number of hydrogen-bond donors (Lipinski definition) is 2. The van der Waals surface area contributed by atoms with E-state index in [9.17, 15) is 4.79 Å². The summed E-state index contributed by atoms with van der Waals surface area (Å²) >= 11 is 2.55. The Labute approximate surface area is 117 Å². The number of thiazole rings is 1. The third-order valence-corrected chi connectivity index (χ3v) is 3.79. The average Bonchev–Trinajstić information content (AvgIpc) is 3.05. The summed E-state index contributed by atoms with van der Waals surface area (Å²) in [6.45, 7) is -0.200. The van der Waals surface area contributed by atoms with Crippen molar-refractivity contribution < 1.29 is 14.6 Å². The van der Waals surface area contributed by atoms with Crippen LogP contribution in [0.5, 0.6) is 5.75 Å². The van der Waals surface area contributed by atoms with E-state index in [2.05, 4.69) is 22.1 Å². The van der Waals surface area contributed by atoms with Crippen molar-refractivity contribution in [3.8, 4) is 17.6 Å². The van der Waals surface area contributed by atoms with Crippen molar-refractivity contribution in [3.63, 3.8) is 0 Å². The number of rotatable bonds is 3. The minimum atomic E-state index is -0.232. The third kappa shape index (κ3) is 3.54. The lowest BCUT2D eigenvalue weighted by Gasteiger charge is -1.97. The predicted molar refractivity (Wildman–Crippen MR) is 74.9 cm³/mol. The number of hydrogen-bond acceptors (Lipinski definition) is 6. The van der Waals surface area contributed by atoms with Gasteiger partial charge in [-0.1, -0.05) is 23.2 Å². The summed E-state index contributed by atoms with van der Waals surface area (Å²) in [5.74, 6) is 5.68. The fourth-order valence-electron chi connectivity index (χ4n) is 1.22. The van der Waals surface area contributed by atoms with Gasteiger partial charge >= 0.3 is 0 Å². The maximum Gasteiger partial charge on any atom is 0.267 e. The fraction of sp³-hybridized carbons (Fsp3) is 0.167. The standard InChI is InChI=1S/C12H10N2O3S2/c1-17-8-5-10(18-7-8)11(16)14-12-13-6-9(19-12)3-2-4-15/h5-7,15H,4H2,1H3,(H,13,14,16). The number of anilines is 1. The minimum absolute atomic E-state index is 0.200. The maximum atomic E-state index is 11.9. The molecule has 0 fully saturated rings. The van der Waals surface area contributed by atoms with Crippen LogP contribution in [0, 0.1) is 11.8 Å². The van der Waals surface area contributed by atoms with Crippen molar-refractivity contribution in [1.82, 2.24) is 4.98 Å². The van der Waals surface area contributed by atoms with Crippen LogP contribution >= 0.6 is 22.7 Å². The molecule has 0 bridgehead atoms. The number of methoxy groups -OCH3 is 1. The van der Waals surface area contributed by atoms with Crippen molar-refractivity contribution in [1.29, 1.82) is 0 Å². The van der Waals surface area contributed by atoms with E-state index in [1.807, 2.05) is 0 Å². The van der Waals surface area contributed by atoms with Crippen LogP contribution in [0.15, 0.2) is 17.6 Å². The van der Waals surface area contributed by atoms with Gasteiger partial charge in [-0.2, -0.15) is 0 Å². The molecule has 0 unspecified atom stereocenters. The second-order valence-corrected chi connectivity index (χ2v) is 5.24. The summed E-state index contributed by atoms with van der Waals surface area (Å²) in [5.41, 5.74) is 0. The van der Waals surface area contributed by atoms with Gasteiger partial charge in [0.2, 0.25) is 0 Å². The van der Waals surface area contributed by atoms with Crippen molar-refractivity contribution in [2.24, 2.45) is 0 Å². The fourth-order valence-corrected chi connectivity index (χ4v) is 2.66. The smallest absolute Gasteiger partial charge is 0.267 e. The molecule has 0 saturated heterocycles. The Morgan fingerprint density at radius 2 is 2.47 bits per heavy atom. The number of aromatic nitrogens is 1. The van der Waals surface area contributed by atoms with Crippen LogP contribution in [0.2, 0.25) is 0 Å². The molecule has 2 N–H and O–H groups in total. The Kier molecular flexibility index (Phi) is 4.52. The normalized spacial score (nSPS) is 9.58. The van der Waals surface area contributed by atoms with Crippen LogP contribution in [-0.4, -0.2) is 29.7 Å². The van der Waals surface area contributed by atoms with Gasteiger partial charge in [0.15, 0.2) is 5.13 Å². The zero-order valence-corrected chi connectivity index (χ0v) is 11.6. The first-order chi connectivity index (χ1) is 9.22. The van der Waals surface area contributed by atoms with Crippen LogP contribution in [0.1, 0.15) is 14.5 Å². The van der Waals surface area contributed by atoms with Gasteiger partial charge in [0.05, 0.1) is 23.1 Å². The number of carbonyl (C=O) groups is 1. The van der Waals surface area contributed by atoms with Gasteiger partial charge in [-0.05, 0) is 0 Å². The van der Waals surface area contributed by atoms with E-state index in [4.69, 9.17) is 9.84 Å². The van der Waals surface area contributed by atoms with Gasteiger partial charge in [0.1, 0.15) is 12.4 Å². The Bertz CT molecular complexity index is 637. The second-order valence-electron chi connectivity index (χ2n) is 3.29. The van der Waals surface area contributed by atoms with Gasteiger partial charge < -0.3 is 9.84 Å². The van der Waals surface area contributed by atoms with Gasteiger partial charge in [0, 0.05) is 11.4 Å². The monoisotopic (exact) mass is 294 g/mol. The van der Waals surface area contributed by atoms with E-state index in [1.165, 1.54) is 22.7 Å². The molecular weight excluding hydrogens is 284 g/mol. The highest BCUT2D eigenvalue weighted by Gasteiger charge is 2.11. The number of amides is 1. The lowest BCUT2D eigenvalue weighted by atomic mass is 10.4. The van der Waals surface area contributed by atoms with Crippen molar-refractivity contribution in [3.05, 3.63) is 27.4 Å². The van der Waals surface area contributed by atoms with Gasteiger partial charge in [-0.15, -0.1) is 11.3 Å². The summed E-state index contributed by atoms with van der Waals surface area (Å²) in [7, 11) is 1.55. The summed E-state index contributed by atoms with van der Waals surface area (Å²) in [6.07, 6.45) is 1.55. The number of nitrogens with zero attached hydrogens (tertiary/aromatic N) is 1. The highest BCUT2D eigenvalue weighted by atomic mass is 32.1. The van der Waals surface area contributed by atoms with Gasteiger partial charge in [0.25, 0.3) is 5.91 Å². The van der Waals surface area contributed by atoms with Crippen molar-refractivity contribution in [2.45, 2.75) is 0 Å². The molecule has 98 valence electrons. The molecule has 7 heteroatoms. The molecule has 2 rings (SSSR count). The third-order valence-electron chi connectivity index (χ3n) is 2.05. The second kappa shape index (κ2) is 6.33. The highest BCUT2D eigenvalue weighted by Crippen LogP contribution is 2.23. The molecule has 2 aromatic heterocycles. The van der Waals surface area contributed by atoms with E-state index in [1.54, 1.807) is 24.8 Å². The summed E-state index contributed by atoms with van der Waals surface area (Å²) in [6, 6.07) is 1.67. The Morgan fingerprint density at radius 3 is 3.16 bits per heavy atom. The zero-order chi connectivity index (χ0) is 13.7. The first kappa shape index (κ1) is 13.5. The van der Waals surface area contributed by atoms with E-state index >= 15 is 0 Å². The zero-order valence-electron chi connectivity index (χ0n) is 9.97. The number of carbonyl (C=O) groups excluding carboxylic acids is 1. The van der Waals surface area contributed by atoms with Crippen LogP contribution < -0.4 is 10.1 Å². The Morgan fingerprint density at radius 1 is 1.63 bits per heavy atom. The van der Waals surface area contributed by atoms with Gasteiger partial charge in [-0.3, -0.25) is 10.1 Å². The molecule has 2 aromatic rings. The molecule has 19 heavy (non-hydrogen) atoms. The number of aliphatic hydroxyl groups is 1. The maximum absolute atomic E-state index is 11.9. The number of ether oxygens (including phenoxy) is 1. The van der Waals surface area contributed by atoms with Crippen LogP contribution in [0.25, 0.3) is 0 Å². The van der Waals surface area contributed by atoms with E-state index in [0.717, 1.165) is 0 Å². The molecular formula is C12H10N2O3S2. The Hall–Kier alpha value is -1.88. The van der Waals surface area contributed by atoms with Crippen LogP contribution in [0.3, 0.4) is 0 Å². The molecule has 0 saturated carbocycles. The highest BCUT2D eigenvalue weighted by molar-refractivity contribution is 7.16. The first-order valence-electron chi connectivity index (χ1n) is 5.22. The average molecular weight is 294 g/mol. The largest absolute Gasteiger partial charge is 0.496 e. The van der Waals surface area contributed by atoms with Gasteiger partial charge in [-0.25, -0.2) is 4.98 Å². The number of aliphatic hydroxyl groups excluding tert-OH is 1. The quantitative estimate of drug-likeness (QED) is 0.847. The molecule has 0 aliphatic rings. The summed E-state index contributed by atoms with van der Waals surface area (Å²) in [5, 5.41) is 13.5. The number of nitrogens with one attached hydrogen (secondary N) is 1. The lowest BCUT2D eigenvalue weighted by molar-refractivity contribution is 0.103. The van der Waals surface area contributed by atoms with Crippen LogP contribution in [0.4, 0.5) is 5.13 Å². The first-order valence-corrected chi connectivity index (χ1v) is 6.92. The molecule has 0 aromatic carbocycles. The van der Waals surface area contributed by atoms with Crippen molar-refractivity contribution in [2.75, 3.05) is 19.0 Å².